The fourth-order valence-electron chi connectivity index (χ4n) is 1.02. The van der Waals surface area contributed by atoms with Crippen LogP contribution in [0.1, 0.15) is 11.5 Å². The Hall–Kier alpha value is -1.36. The van der Waals surface area contributed by atoms with Gasteiger partial charge in [0.2, 0.25) is 0 Å². The van der Waals surface area contributed by atoms with E-state index in [0.29, 0.717) is 6.54 Å². The van der Waals surface area contributed by atoms with Gasteiger partial charge in [-0.05, 0) is 14.0 Å². The lowest BCUT2D eigenvalue weighted by atomic mass is 10.3. The van der Waals surface area contributed by atoms with E-state index in [2.05, 4.69) is 4.98 Å². The van der Waals surface area contributed by atoms with Crippen LogP contribution < -0.4 is 0 Å². The number of hydrogen-bond acceptors (Lipinski definition) is 4. The lowest BCUT2D eigenvalue weighted by molar-refractivity contribution is -0.138. The molecule has 0 unspecified atom stereocenters. The molecule has 0 spiro atoms. The van der Waals surface area contributed by atoms with Crippen LogP contribution in [0, 0.1) is 6.92 Å². The predicted octanol–water partition coefficient (Wildman–Crippen LogP) is 0.499. The van der Waals surface area contributed by atoms with Crippen molar-refractivity contribution in [1.82, 2.24) is 9.88 Å². The fourth-order valence-corrected chi connectivity index (χ4v) is 1.02. The highest BCUT2D eigenvalue weighted by atomic mass is 16.4. The van der Waals surface area contributed by atoms with Crippen LogP contribution in [0.3, 0.4) is 0 Å². The van der Waals surface area contributed by atoms with Crippen molar-refractivity contribution in [3.63, 3.8) is 0 Å². The van der Waals surface area contributed by atoms with E-state index in [0.717, 1.165) is 11.5 Å². The number of carboxylic acid groups (broad SMARTS) is 1. The summed E-state index contributed by atoms with van der Waals surface area (Å²) in [6, 6.07) is 0. The van der Waals surface area contributed by atoms with E-state index in [-0.39, 0.29) is 6.54 Å². The second kappa shape index (κ2) is 4.04. The number of aryl methyl sites for hydroxylation is 1. The number of carbonyl (C=O) groups is 1. The first kappa shape index (κ1) is 9.73. The lowest BCUT2D eigenvalue weighted by Crippen LogP contribution is -2.25. The van der Waals surface area contributed by atoms with Gasteiger partial charge >= 0.3 is 5.97 Å². The number of likely N-dealkylation sites (N-methyl/N-ethyl adjacent to an activating group) is 1. The molecule has 0 radical (unpaired) electrons. The van der Waals surface area contributed by atoms with Crippen molar-refractivity contribution in [3.8, 4) is 0 Å². The zero-order valence-corrected chi connectivity index (χ0v) is 7.65. The van der Waals surface area contributed by atoms with Gasteiger partial charge in [0.25, 0.3) is 0 Å². The SMILES string of the molecule is Cc1ocnc1CN(C)CC(=O)O. The Morgan fingerprint density at radius 2 is 2.46 bits per heavy atom. The van der Waals surface area contributed by atoms with Crippen molar-refractivity contribution in [1.29, 1.82) is 0 Å². The van der Waals surface area contributed by atoms with E-state index in [9.17, 15) is 4.79 Å². The highest BCUT2D eigenvalue weighted by Crippen LogP contribution is 2.06. The normalized spacial score (nSPS) is 10.7. The molecule has 13 heavy (non-hydrogen) atoms. The molecule has 0 saturated heterocycles. The molecular weight excluding hydrogens is 172 g/mol. The van der Waals surface area contributed by atoms with Gasteiger partial charge in [0, 0.05) is 6.54 Å². The standard InChI is InChI=1S/C8H12N2O3/c1-6-7(9-5-13-6)3-10(2)4-8(11)12/h5H,3-4H2,1-2H3,(H,11,12). The minimum Gasteiger partial charge on any atom is -0.480 e. The van der Waals surface area contributed by atoms with Crippen LogP contribution in [0.4, 0.5) is 0 Å². The van der Waals surface area contributed by atoms with E-state index in [1.54, 1.807) is 18.9 Å². The Bertz CT molecular complexity index is 295. The average molecular weight is 184 g/mol. The summed E-state index contributed by atoms with van der Waals surface area (Å²) in [5.41, 5.74) is 0.781. The topological polar surface area (TPSA) is 66.6 Å². The molecule has 0 amide bonds. The summed E-state index contributed by atoms with van der Waals surface area (Å²) >= 11 is 0. The maximum atomic E-state index is 10.3. The molecule has 1 aromatic rings. The Balaban J connectivity index is 2.49. The van der Waals surface area contributed by atoms with Gasteiger partial charge in [-0.1, -0.05) is 0 Å². The van der Waals surface area contributed by atoms with Crippen molar-refractivity contribution in [2.24, 2.45) is 0 Å². The Labute approximate surface area is 76.0 Å². The quantitative estimate of drug-likeness (QED) is 0.738. The number of aromatic nitrogens is 1. The number of oxazole rings is 1. The number of nitrogens with zero attached hydrogens (tertiary/aromatic N) is 2. The zero-order valence-electron chi connectivity index (χ0n) is 7.65. The van der Waals surface area contributed by atoms with E-state index in [4.69, 9.17) is 9.52 Å². The first-order valence-corrected chi connectivity index (χ1v) is 3.89. The molecule has 1 N–H and O–H groups in total. The molecular formula is C8H12N2O3. The fraction of sp³-hybridized carbons (Fsp3) is 0.500. The lowest BCUT2D eigenvalue weighted by Gasteiger charge is -2.11. The van der Waals surface area contributed by atoms with Gasteiger partial charge in [0.1, 0.15) is 5.76 Å². The summed E-state index contributed by atoms with van der Waals surface area (Å²) in [7, 11) is 1.72. The van der Waals surface area contributed by atoms with Crippen LogP contribution >= 0.6 is 0 Å². The molecule has 72 valence electrons. The number of aliphatic carboxylic acids is 1. The summed E-state index contributed by atoms with van der Waals surface area (Å²) in [6.45, 7) is 2.30. The highest BCUT2D eigenvalue weighted by molar-refractivity contribution is 5.68. The maximum absolute atomic E-state index is 10.3. The van der Waals surface area contributed by atoms with Crippen LogP contribution in [0.5, 0.6) is 0 Å². The van der Waals surface area contributed by atoms with Gasteiger partial charge in [0.15, 0.2) is 6.39 Å². The molecule has 0 bridgehead atoms. The molecule has 1 aromatic heterocycles. The molecule has 0 fully saturated rings. The summed E-state index contributed by atoms with van der Waals surface area (Å²) in [5.74, 6) is -0.110. The zero-order chi connectivity index (χ0) is 9.84. The number of carboxylic acids is 1. The maximum Gasteiger partial charge on any atom is 0.317 e. The smallest absolute Gasteiger partial charge is 0.317 e. The molecule has 0 aliphatic heterocycles. The monoisotopic (exact) mass is 184 g/mol. The van der Waals surface area contributed by atoms with Crippen LogP contribution in [0.25, 0.3) is 0 Å². The highest BCUT2D eigenvalue weighted by Gasteiger charge is 2.09. The van der Waals surface area contributed by atoms with Gasteiger partial charge in [-0.25, -0.2) is 4.98 Å². The number of hydrogen-bond donors (Lipinski definition) is 1. The van der Waals surface area contributed by atoms with E-state index in [1.165, 1.54) is 6.39 Å². The Morgan fingerprint density at radius 1 is 1.77 bits per heavy atom. The van der Waals surface area contributed by atoms with E-state index >= 15 is 0 Å². The second-order valence-corrected chi connectivity index (χ2v) is 2.92. The largest absolute Gasteiger partial charge is 0.480 e. The minimum atomic E-state index is -0.844. The van der Waals surface area contributed by atoms with E-state index < -0.39 is 5.97 Å². The van der Waals surface area contributed by atoms with Crippen LogP contribution in [0.15, 0.2) is 10.8 Å². The van der Waals surface area contributed by atoms with Crippen molar-refractivity contribution in [2.45, 2.75) is 13.5 Å². The first-order valence-electron chi connectivity index (χ1n) is 3.89. The van der Waals surface area contributed by atoms with Gasteiger partial charge in [-0.15, -0.1) is 0 Å². The first-order chi connectivity index (χ1) is 6.09. The molecule has 5 nitrogen and oxygen atoms in total. The van der Waals surface area contributed by atoms with Crippen LogP contribution in [0.2, 0.25) is 0 Å². The number of rotatable bonds is 4. The molecule has 0 saturated carbocycles. The molecule has 0 aromatic carbocycles. The third-order valence-electron chi connectivity index (χ3n) is 1.67. The van der Waals surface area contributed by atoms with Gasteiger partial charge in [-0.3, -0.25) is 9.69 Å². The van der Waals surface area contributed by atoms with Crippen molar-refractivity contribution >= 4 is 5.97 Å². The Morgan fingerprint density at radius 3 is 2.92 bits per heavy atom. The molecule has 1 heterocycles. The molecule has 0 aliphatic rings. The van der Waals surface area contributed by atoms with Crippen LogP contribution in [-0.4, -0.2) is 34.6 Å². The average Bonchev–Trinajstić information content (AvgIpc) is 2.34. The van der Waals surface area contributed by atoms with Crippen molar-refractivity contribution < 1.29 is 14.3 Å². The van der Waals surface area contributed by atoms with Gasteiger partial charge in [0.05, 0.1) is 12.2 Å². The third kappa shape index (κ3) is 2.87. The predicted molar refractivity (Wildman–Crippen MR) is 45.2 cm³/mol. The molecule has 0 atom stereocenters. The third-order valence-corrected chi connectivity index (χ3v) is 1.67. The summed E-state index contributed by atoms with van der Waals surface area (Å²) in [4.78, 5) is 16.0. The molecule has 5 heteroatoms. The summed E-state index contributed by atoms with van der Waals surface area (Å²) in [5, 5.41) is 8.50. The van der Waals surface area contributed by atoms with Crippen LogP contribution in [-0.2, 0) is 11.3 Å². The summed E-state index contributed by atoms with van der Waals surface area (Å²) < 4.78 is 4.99. The van der Waals surface area contributed by atoms with Crippen molar-refractivity contribution in [2.75, 3.05) is 13.6 Å². The molecule has 1 rings (SSSR count). The Kier molecular flexibility index (Phi) is 3.02. The van der Waals surface area contributed by atoms with Gasteiger partial charge < -0.3 is 9.52 Å². The van der Waals surface area contributed by atoms with Gasteiger partial charge in [-0.2, -0.15) is 0 Å². The second-order valence-electron chi connectivity index (χ2n) is 2.92. The van der Waals surface area contributed by atoms with E-state index in [1.807, 2.05) is 0 Å². The molecule has 0 aliphatic carbocycles. The minimum absolute atomic E-state index is 0.00625. The summed E-state index contributed by atoms with van der Waals surface area (Å²) in [6.07, 6.45) is 1.36. The van der Waals surface area contributed by atoms with Crippen molar-refractivity contribution in [3.05, 3.63) is 17.8 Å².